The van der Waals surface area contributed by atoms with Crippen LogP contribution in [0.5, 0.6) is 34.5 Å². The van der Waals surface area contributed by atoms with E-state index < -0.39 is 0 Å². The van der Waals surface area contributed by atoms with Crippen LogP contribution in [0.3, 0.4) is 0 Å². The van der Waals surface area contributed by atoms with E-state index in [-0.39, 0.29) is 35.8 Å². The zero-order chi connectivity index (χ0) is 83.5. The van der Waals surface area contributed by atoms with Crippen LogP contribution < -0.4 is 42.0 Å². The molecule has 3 unspecified atom stereocenters. The Hall–Kier alpha value is -12.8. The maximum absolute atomic E-state index is 13.0. The number of amides is 3. The number of para-hydroxylation sites is 3. The summed E-state index contributed by atoms with van der Waals surface area (Å²) < 4.78 is 29.0. The Balaban J connectivity index is 0.000000136. The number of nitrogens with one attached hydrogen (secondary N) is 2. The molecule has 122 heavy (non-hydrogen) atoms. The highest BCUT2D eigenvalue weighted by Gasteiger charge is 2.34. The zero-order valence-electron chi connectivity index (χ0n) is 69.1. The quantitative estimate of drug-likeness (QED) is 0.0351. The predicted octanol–water partition coefficient (Wildman–Crippen LogP) is 14.9. The monoisotopic (exact) mass is 1640 g/mol. The molecule has 6 fully saturated rings. The van der Waals surface area contributed by atoms with Gasteiger partial charge in [-0.15, -0.1) is 0 Å². The van der Waals surface area contributed by atoms with E-state index in [4.69, 9.17) is 51.4 Å². The number of nitrogen functional groups attached to an aromatic ring is 3. The normalized spacial score (nSPS) is 18.1. The van der Waals surface area contributed by atoms with E-state index in [0.29, 0.717) is 103 Å². The molecule has 3 amide bonds. The van der Waals surface area contributed by atoms with Gasteiger partial charge >= 0.3 is 0 Å². The van der Waals surface area contributed by atoms with Crippen LogP contribution in [0.15, 0.2) is 219 Å². The van der Waals surface area contributed by atoms with E-state index in [1.807, 2.05) is 211 Å². The van der Waals surface area contributed by atoms with Gasteiger partial charge in [0.1, 0.15) is 88.0 Å². The van der Waals surface area contributed by atoms with Crippen molar-refractivity contribution in [2.75, 3.05) is 96.4 Å². The number of carbonyl (C=O) groups excluding carboxylic acids is 3. The summed E-state index contributed by atoms with van der Waals surface area (Å²) in [6.45, 7) is 7.56. The topological polar surface area (TPSA) is 334 Å². The second-order valence-corrected chi connectivity index (χ2v) is 32.1. The van der Waals surface area contributed by atoms with Crippen molar-refractivity contribution in [3.05, 3.63) is 219 Å². The number of rotatable bonds is 24. The fourth-order valence-electron chi connectivity index (χ4n) is 17.2. The number of hydrogen-bond acceptors (Lipinski definition) is 22. The van der Waals surface area contributed by atoms with Crippen molar-refractivity contribution >= 4 is 68.3 Å². The molecule has 6 aromatic carbocycles. The summed E-state index contributed by atoms with van der Waals surface area (Å²) in [7, 11) is 2.16. The molecule has 2 saturated carbocycles. The van der Waals surface area contributed by atoms with Crippen LogP contribution in [0.4, 0.5) is 17.5 Å². The summed E-state index contributed by atoms with van der Waals surface area (Å²) in [5, 5.41) is 24.1. The number of ether oxygens (including phenoxy) is 4. The number of carbonyl (C=O) groups is 3. The van der Waals surface area contributed by atoms with Gasteiger partial charge in [-0.25, -0.2) is 43.9 Å². The number of benzene rings is 6. The second-order valence-electron chi connectivity index (χ2n) is 32.1. The fourth-order valence-corrected chi connectivity index (χ4v) is 17.2. The maximum atomic E-state index is 13.0. The highest BCUT2D eigenvalue weighted by molar-refractivity contribution is 6.01. The van der Waals surface area contributed by atoms with E-state index >= 15 is 0 Å². The molecule has 0 radical (unpaired) electrons. The molecule has 10 heterocycles. The first-order valence-electron chi connectivity index (χ1n) is 42.9. The van der Waals surface area contributed by atoms with Crippen molar-refractivity contribution in [2.45, 2.75) is 139 Å². The van der Waals surface area contributed by atoms with Gasteiger partial charge in [-0.1, -0.05) is 111 Å². The average Bonchev–Trinajstić information content (AvgIpc) is 1.62. The Morgan fingerprint density at radius 1 is 0.402 bits per heavy atom. The third kappa shape index (κ3) is 20.5. The van der Waals surface area contributed by atoms with Crippen molar-refractivity contribution < 1.29 is 33.3 Å². The van der Waals surface area contributed by atoms with Crippen LogP contribution in [0, 0.1) is 0 Å². The Bertz CT molecular complexity index is 5570. The van der Waals surface area contributed by atoms with Crippen LogP contribution in [0.2, 0.25) is 0 Å². The number of piperidine rings is 1. The van der Waals surface area contributed by atoms with Crippen LogP contribution in [0.25, 0.3) is 66.9 Å². The zero-order valence-corrected chi connectivity index (χ0v) is 69.1. The van der Waals surface area contributed by atoms with Gasteiger partial charge in [0.2, 0.25) is 17.7 Å². The smallest absolute Gasteiger partial charge is 0.246 e. The lowest BCUT2D eigenvalue weighted by atomic mass is 9.94. The molecule has 630 valence electrons. The summed E-state index contributed by atoms with van der Waals surface area (Å²) in [5.74, 6) is 5.76. The lowest BCUT2D eigenvalue weighted by molar-refractivity contribution is -0.128. The van der Waals surface area contributed by atoms with Crippen LogP contribution in [0.1, 0.15) is 121 Å². The second kappa shape index (κ2) is 40.1. The molecule has 28 nitrogen and oxygen atoms in total. The summed E-state index contributed by atoms with van der Waals surface area (Å²) >= 11 is 0. The molecule has 6 aliphatic rings. The number of hydrogen-bond donors (Lipinski definition) is 5. The molecule has 4 aliphatic heterocycles. The van der Waals surface area contributed by atoms with Gasteiger partial charge in [0.25, 0.3) is 0 Å². The number of fused-ring (bicyclic) bond motifs is 3. The van der Waals surface area contributed by atoms with Gasteiger partial charge in [-0.3, -0.25) is 19.3 Å². The van der Waals surface area contributed by atoms with Crippen molar-refractivity contribution in [1.82, 2.24) is 89.5 Å². The number of anilines is 3. The van der Waals surface area contributed by atoms with E-state index in [2.05, 4.69) is 52.5 Å². The molecular weight excluding hydrogens is 1540 g/mol. The van der Waals surface area contributed by atoms with Crippen molar-refractivity contribution in [3.63, 3.8) is 0 Å². The Morgan fingerprint density at radius 3 is 1.14 bits per heavy atom. The van der Waals surface area contributed by atoms with Gasteiger partial charge in [0.15, 0.2) is 16.9 Å². The van der Waals surface area contributed by atoms with Gasteiger partial charge in [-0.05, 0) is 180 Å². The lowest BCUT2D eigenvalue weighted by Gasteiger charge is -2.32. The summed E-state index contributed by atoms with van der Waals surface area (Å²) in [4.78, 5) is 73.4. The molecule has 4 saturated heterocycles. The Morgan fingerprint density at radius 2 is 0.746 bits per heavy atom. The van der Waals surface area contributed by atoms with Gasteiger partial charge in [0, 0.05) is 125 Å². The summed E-state index contributed by atoms with van der Waals surface area (Å²) in [5.41, 5.74) is 25.9. The first kappa shape index (κ1) is 82.9. The van der Waals surface area contributed by atoms with Gasteiger partial charge < -0.3 is 61.5 Å². The van der Waals surface area contributed by atoms with Crippen molar-refractivity contribution in [3.8, 4) is 68.3 Å². The minimum absolute atomic E-state index is 0.00324. The summed E-state index contributed by atoms with van der Waals surface area (Å²) in [6.07, 6.45) is 33.6. The molecule has 0 bridgehead atoms. The largest absolute Gasteiger partial charge is 0.457 e. The Kier molecular flexibility index (Phi) is 27.2. The van der Waals surface area contributed by atoms with E-state index in [1.165, 1.54) is 83.2 Å². The molecular formula is C94H107N21O7. The van der Waals surface area contributed by atoms with E-state index in [9.17, 15) is 14.4 Å². The number of nitrogens with two attached hydrogens (primary N) is 3. The van der Waals surface area contributed by atoms with Crippen LogP contribution in [-0.2, 0) is 19.1 Å². The molecule has 8 N–H and O–H groups in total. The van der Waals surface area contributed by atoms with Crippen LogP contribution >= 0.6 is 0 Å². The standard InChI is InChI=1S/C32H37N7O2.C31H35N7O3.C31H35N7O2/c1-37(24-9-4-2-5-10-24)19-8-13-28(40)38-20-18-25(21-38)39-32-29(31(33)34-22-35-32)30(36-39)23-14-16-27(17-15-23)41-26-11-6-3-7-12-26;32-30-28-29(22-10-12-26(13-11-22)41-25-7-2-1-3-8-25)36-38(31(28)35-21-34-30)24-6-5-17-37(20-24)27(39)9-4-16-33-23-14-18-40-19-15-23;32-30-28-29(22-13-15-26(16-14-22)40-25-10-5-2-6-11-25)36-38(31(28)35-21-34-30)24-17-19-37(20-24)27(39)12-7-18-33-23-8-3-1-4-9-23/h3,6-8,11-17,22,24-25H,2,4-5,9-10,18-21H2,1H3,(H2,33,34,35);1-4,7-13,21,23-24,33H,5-6,14-20H2,(H2,32,34,35);2,5-7,10-16,21,23-24,33H,1,3-4,8-9,17-20H2,(H2,32,34,35)/b13-8+;9-4+;12-7+. The molecule has 6 aromatic heterocycles. The highest BCUT2D eigenvalue weighted by atomic mass is 16.5. The number of aromatic nitrogens is 12. The molecule has 28 heteroatoms. The lowest BCUT2D eigenvalue weighted by Crippen LogP contribution is -2.40. The van der Waals surface area contributed by atoms with Gasteiger partial charge in [-0.2, -0.15) is 15.3 Å². The molecule has 2 aliphatic carbocycles. The fraction of sp³-hybridized carbons (Fsp3) is 0.362. The van der Waals surface area contributed by atoms with E-state index in [0.717, 1.165) is 145 Å². The molecule has 18 rings (SSSR count). The number of likely N-dealkylation sites (tertiary alicyclic amines) is 3. The SMILES string of the molecule is CN(C/C=C/C(=O)N1CCC(n2nc(-c3ccc(Oc4ccccc4)cc3)c3c(N)ncnc32)C1)C1CCCCC1.Nc1ncnc2c1c(-c1ccc(Oc3ccccc3)cc1)nn2C1CCCN(C(=O)/C=C/CNC2CCOCC2)C1.Nc1ncnc2c1c(-c1ccc(Oc3ccccc3)cc1)nn2C1CCN(C(=O)/C=C/CNC2CCCCC2)C1. The average molecular weight is 1640 g/mol. The molecule has 3 atom stereocenters. The predicted molar refractivity (Wildman–Crippen MR) is 474 cm³/mol. The minimum atomic E-state index is -0.0206. The van der Waals surface area contributed by atoms with Crippen molar-refractivity contribution in [1.29, 1.82) is 0 Å². The molecule has 0 spiro atoms. The third-order valence-electron chi connectivity index (χ3n) is 23.8. The van der Waals surface area contributed by atoms with Crippen molar-refractivity contribution in [2.24, 2.45) is 0 Å². The molecule has 12 aromatic rings. The van der Waals surface area contributed by atoms with Crippen LogP contribution in [-0.4, -0.2) is 194 Å². The number of nitrogens with zero attached hydrogens (tertiary/aromatic N) is 16. The third-order valence-corrected chi connectivity index (χ3v) is 23.8. The first-order chi connectivity index (χ1) is 59.9. The number of likely N-dealkylation sites (N-methyl/N-ethyl adjacent to an activating group) is 1. The van der Waals surface area contributed by atoms with Gasteiger partial charge in [0.05, 0.1) is 34.3 Å². The summed E-state index contributed by atoms with van der Waals surface area (Å²) in [6, 6.07) is 53.9. The first-order valence-corrected chi connectivity index (χ1v) is 42.9. The van der Waals surface area contributed by atoms with E-state index in [1.54, 1.807) is 18.2 Å². The Labute approximate surface area is 710 Å². The highest BCUT2D eigenvalue weighted by Crippen LogP contribution is 2.40. The minimum Gasteiger partial charge on any atom is -0.457 e. The maximum Gasteiger partial charge on any atom is 0.246 e.